The number of rotatable bonds is 8. The van der Waals surface area contributed by atoms with E-state index < -0.39 is 21.8 Å². The lowest BCUT2D eigenvalue weighted by Gasteiger charge is -2.34. The molecule has 9 heteroatoms. The molecule has 2 N–H and O–H groups in total. The van der Waals surface area contributed by atoms with Gasteiger partial charge in [-0.3, -0.25) is 9.59 Å². The molecule has 0 unspecified atom stereocenters. The molecule has 8 nitrogen and oxygen atoms in total. The maximum atomic E-state index is 13.2. The monoisotopic (exact) mass is 473 g/mol. The molecular weight excluding hydrogens is 442 g/mol. The summed E-state index contributed by atoms with van der Waals surface area (Å²) >= 11 is 0. The van der Waals surface area contributed by atoms with E-state index in [2.05, 4.69) is 10.6 Å². The van der Waals surface area contributed by atoms with Gasteiger partial charge in [0.05, 0.1) is 12.0 Å². The van der Waals surface area contributed by atoms with Crippen molar-refractivity contribution in [2.75, 3.05) is 25.5 Å². The van der Waals surface area contributed by atoms with E-state index in [0.29, 0.717) is 30.8 Å². The summed E-state index contributed by atoms with van der Waals surface area (Å²) in [6.45, 7) is 2.68. The number of piperidine rings is 1. The van der Waals surface area contributed by atoms with E-state index in [-0.39, 0.29) is 17.5 Å². The van der Waals surface area contributed by atoms with Crippen LogP contribution < -0.4 is 15.4 Å². The molecule has 0 aliphatic carbocycles. The molecule has 0 saturated carbocycles. The first-order chi connectivity index (χ1) is 15.8. The van der Waals surface area contributed by atoms with Crippen molar-refractivity contribution in [1.82, 2.24) is 9.62 Å². The van der Waals surface area contributed by atoms with Crippen molar-refractivity contribution < 1.29 is 22.7 Å². The number of carbonyl (C=O) groups is 2. The molecule has 0 bridgehead atoms. The molecule has 178 valence electrons. The molecule has 1 aliphatic rings. The zero-order valence-electron chi connectivity index (χ0n) is 19.0. The van der Waals surface area contributed by atoms with Crippen LogP contribution in [-0.4, -0.2) is 50.8 Å². The summed E-state index contributed by atoms with van der Waals surface area (Å²) in [5, 5.41) is 5.19. The number of anilines is 1. The number of aryl methyl sites for hydroxylation is 1. The Morgan fingerprint density at radius 1 is 1.03 bits per heavy atom. The van der Waals surface area contributed by atoms with Crippen LogP contribution in [0.2, 0.25) is 0 Å². The van der Waals surface area contributed by atoms with E-state index in [9.17, 15) is 18.0 Å². The first kappa shape index (κ1) is 24.7. The number of nitrogens with zero attached hydrogens (tertiary/aromatic N) is 1. The molecule has 2 amide bonds. The number of carbonyl (C=O) groups excluding carboxylic acids is 2. The van der Waals surface area contributed by atoms with Gasteiger partial charge in [0, 0.05) is 24.8 Å². The van der Waals surface area contributed by atoms with Crippen LogP contribution in [0.1, 0.15) is 38.2 Å². The molecule has 1 heterocycles. The highest BCUT2D eigenvalue weighted by Crippen LogP contribution is 2.27. The molecule has 0 aromatic heterocycles. The van der Waals surface area contributed by atoms with Gasteiger partial charge in [0.15, 0.2) is 0 Å². The summed E-state index contributed by atoms with van der Waals surface area (Å²) in [5.41, 5.74) is 1.69. The van der Waals surface area contributed by atoms with Crippen LogP contribution in [-0.2, 0) is 26.0 Å². The topological polar surface area (TPSA) is 105 Å². The average Bonchev–Trinajstić information content (AvgIpc) is 2.84. The van der Waals surface area contributed by atoms with Crippen molar-refractivity contribution in [2.24, 2.45) is 0 Å². The molecular formula is C24H31N3O5S. The van der Waals surface area contributed by atoms with Gasteiger partial charge in [0.25, 0.3) is 0 Å². The Morgan fingerprint density at radius 3 is 2.36 bits per heavy atom. The second-order valence-corrected chi connectivity index (χ2v) is 9.88. The largest absolute Gasteiger partial charge is 0.497 e. The lowest BCUT2D eigenvalue weighted by Crippen LogP contribution is -2.45. The van der Waals surface area contributed by atoms with Crippen LogP contribution in [0.15, 0.2) is 53.4 Å². The van der Waals surface area contributed by atoms with Crippen molar-refractivity contribution in [3.63, 3.8) is 0 Å². The average molecular weight is 474 g/mol. The van der Waals surface area contributed by atoms with Crippen molar-refractivity contribution in [1.29, 1.82) is 0 Å². The highest BCUT2D eigenvalue weighted by atomic mass is 32.2. The zero-order chi connectivity index (χ0) is 23.8. The molecule has 1 saturated heterocycles. The summed E-state index contributed by atoms with van der Waals surface area (Å²) < 4.78 is 33.0. The minimum absolute atomic E-state index is 0.209. The first-order valence-electron chi connectivity index (χ1n) is 11.2. The molecule has 2 aromatic carbocycles. The van der Waals surface area contributed by atoms with Gasteiger partial charge in [-0.15, -0.1) is 0 Å². The number of hydrogen-bond donors (Lipinski definition) is 2. The third-order valence-corrected chi connectivity index (χ3v) is 7.79. The molecule has 0 radical (unpaired) electrons. The van der Waals surface area contributed by atoms with Crippen LogP contribution >= 0.6 is 0 Å². The van der Waals surface area contributed by atoms with Gasteiger partial charge in [-0.05, 0) is 67.6 Å². The highest BCUT2D eigenvalue weighted by Gasteiger charge is 2.33. The predicted molar refractivity (Wildman–Crippen MR) is 127 cm³/mol. The van der Waals surface area contributed by atoms with Crippen LogP contribution in [0.25, 0.3) is 0 Å². The Kier molecular flexibility index (Phi) is 8.46. The Balaban J connectivity index is 1.56. The first-order valence-corrected chi connectivity index (χ1v) is 12.6. The quantitative estimate of drug-likeness (QED) is 0.574. The number of amides is 2. The zero-order valence-corrected chi connectivity index (χ0v) is 19.9. The number of hydrogen-bond acceptors (Lipinski definition) is 5. The number of ether oxygens (including phenoxy) is 1. The van der Waals surface area contributed by atoms with Crippen LogP contribution in [0.3, 0.4) is 0 Å². The SMILES string of the molecule is CCc1ccc(NC(=O)C(=O)NCC[C@H]2CCCCN2S(=O)(=O)c2ccc(OC)cc2)cc1. The Morgan fingerprint density at radius 2 is 1.73 bits per heavy atom. The molecule has 1 atom stereocenters. The lowest BCUT2D eigenvalue weighted by molar-refractivity contribution is -0.136. The normalized spacial score (nSPS) is 16.7. The van der Waals surface area contributed by atoms with E-state index in [1.165, 1.54) is 11.4 Å². The third-order valence-electron chi connectivity index (χ3n) is 5.83. The molecule has 3 rings (SSSR count). The van der Waals surface area contributed by atoms with Gasteiger partial charge in [0.1, 0.15) is 5.75 Å². The molecule has 0 spiro atoms. The maximum Gasteiger partial charge on any atom is 0.313 e. The molecule has 1 fully saturated rings. The van der Waals surface area contributed by atoms with E-state index in [4.69, 9.17) is 4.74 Å². The standard InChI is InChI=1S/C24H31N3O5S/c1-3-18-7-9-19(10-8-18)26-24(29)23(28)25-16-15-20-6-4-5-17-27(20)33(30,31)22-13-11-21(32-2)12-14-22/h7-14,20H,3-6,15-17H2,1-2H3,(H,25,28)(H,26,29)/t20-/m1/s1. The fourth-order valence-electron chi connectivity index (χ4n) is 3.91. The Bertz CT molecular complexity index is 1050. The summed E-state index contributed by atoms with van der Waals surface area (Å²) in [7, 11) is -2.14. The smallest absolute Gasteiger partial charge is 0.313 e. The van der Waals surface area contributed by atoms with Crippen LogP contribution in [0, 0.1) is 0 Å². The summed E-state index contributed by atoms with van der Waals surface area (Å²) in [6, 6.07) is 13.4. The summed E-state index contributed by atoms with van der Waals surface area (Å²) in [5.74, 6) is -0.896. The van der Waals surface area contributed by atoms with E-state index in [0.717, 1.165) is 24.8 Å². The van der Waals surface area contributed by atoms with E-state index in [1.807, 2.05) is 19.1 Å². The molecule has 1 aliphatic heterocycles. The fourth-order valence-corrected chi connectivity index (χ4v) is 5.63. The van der Waals surface area contributed by atoms with Crippen LogP contribution in [0.4, 0.5) is 5.69 Å². The minimum atomic E-state index is -3.66. The molecule has 33 heavy (non-hydrogen) atoms. The summed E-state index contributed by atoms with van der Waals surface area (Å²) in [6.07, 6.45) is 3.74. The minimum Gasteiger partial charge on any atom is -0.497 e. The van der Waals surface area contributed by atoms with Gasteiger partial charge in [-0.25, -0.2) is 8.42 Å². The number of nitrogens with one attached hydrogen (secondary N) is 2. The number of sulfonamides is 1. The maximum absolute atomic E-state index is 13.2. The van der Waals surface area contributed by atoms with Crippen molar-refractivity contribution in [3.05, 3.63) is 54.1 Å². The third kappa shape index (κ3) is 6.33. The fraction of sp³-hybridized carbons (Fsp3) is 0.417. The van der Waals surface area contributed by atoms with Gasteiger partial charge in [-0.2, -0.15) is 4.31 Å². The highest BCUT2D eigenvalue weighted by molar-refractivity contribution is 7.89. The van der Waals surface area contributed by atoms with Crippen molar-refractivity contribution in [3.8, 4) is 5.75 Å². The van der Waals surface area contributed by atoms with E-state index >= 15 is 0 Å². The van der Waals surface area contributed by atoms with Crippen LogP contribution in [0.5, 0.6) is 5.75 Å². The second-order valence-electron chi connectivity index (χ2n) is 7.99. The predicted octanol–water partition coefficient (Wildman–Crippen LogP) is 2.95. The lowest BCUT2D eigenvalue weighted by atomic mass is 10.0. The van der Waals surface area contributed by atoms with Gasteiger partial charge in [-0.1, -0.05) is 25.5 Å². The molecule has 2 aromatic rings. The van der Waals surface area contributed by atoms with Gasteiger partial charge in [0.2, 0.25) is 10.0 Å². The number of benzene rings is 2. The second kappa shape index (κ2) is 11.3. The Hall–Kier alpha value is -2.91. The van der Waals surface area contributed by atoms with Crippen molar-refractivity contribution >= 4 is 27.5 Å². The summed E-state index contributed by atoms with van der Waals surface area (Å²) in [4.78, 5) is 24.6. The van der Waals surface area contributed by atoms with Gasteiger partial charge < -0.3 is 15.4 Å². The van der Waals surface area contributed by atoms with E-state index in [1.54, 1.807) is 36.4 Å². The Labute approximate surface area is 195 Å². The van der Waals surface area contributed by atoms with Crippen molar-refractivity contribution in [2.45, 2.75) is 50.0 Å². The van der Waals surface area contributed by atoms with Gasteiger partial charge >= 0.3 is 11.8 Å². The number of methoxy groups -OCH3 is 1.